The molecule has 2 fully saturated rings. The van der Waals surface area contributed by atoms with Crippen molar-refractivity contribution in [2.75, 3.05) is 19.6 Å². The molecule has 186 valence electrons. The largest absolute Gasteiger partial charge is 0.489 e. The molecule has 4 nitrogen and oxygen atoms in total. The molecule has 0 bridgehead atoms. The Balaban J connectivity index is 0.00000171. The van der Waals surface area contributed by atoms with Crippen LogP contribution in [0.2, 0.25) is 0 Å². The van der Waals surface area contributed by atoms with Gasteiger partial charge in [-0.25, -0.2) is 0 Å². The van der Waals surface area contributed by atoms with Crippen molar-refractivity contribution in [3.63, 3.8) is 0 Å². The van der Waals surface area contributed by atoms with Gasteiger partial charge in [0.15, 0.2) is 0 Å². The van der Waals surface area contributed by atoms with E-state index < -0.39 is 5.41 Å². The molecule has 1 N–H and O–H groups in total. The first kappa shape index (κ1) is 27.1. The molecule has 0 spiro atoms. The smallest absolute Gasteiger partial charge is 0.231 e. The van der Waals surface area contributed by atoms with Gasteiger partial charge < -0.3 is 15.0 Å². The third-order valence-electron chi connectivity index (χ3n) is 6.97. The first-order valence-corrected chi connectivity index (χ1v) is 12.1. The van der Waals surface area contributed by atoms with Crippen molar-refractivity contribution in [2.45, 2.75) is 43.7 Å². The zero-order valence-corrected chi connectivity index (χ0v) is 21.8. The Morgan fingerprint density at radius 2 is 1.57 bits per heavy atom. The highest BCUT2D eigenvalue weighted by Gasteiger charge is 2.51. The Kier molecular flexibility index (Phi) is 9.67. The number of nitrogens with zero attached hydrogens (tertiary/aromatic N) is 1. The Labute approximate surface area is 221 Å². The fourth-order valence-corrected chi connectivity index (χ4v) is 4.84. The van der Waals surface area contributed by atoms with Crippen LogP contribution in [0.4, 0.5) is 0 Å². The van der Waals surface area contributed by atoms with E-state index in [0.717, 1.165) is 49.4 Å². The van der Waals surface area contributed by atoms with E-state index in [0.29, 0.717) is 6.61 Å². The van der Waals surface area contributed by atoms with E-state index in [-0.39, 0.29) is 37.9 Å². The lowest BCUT2D eigenvalue weighted by Crippen LogP contribution is -2.41. The van der Waals surface area contributed by atoms with Gasteiger partial charge in [0.2, 0.25) is 5.91 Å². The molecule has 2 aliphatic rings. The summed E-state index contributed by atoms with van der Waals surface area (Å²) in [5, 5.41) is 3.42. The van der Waals surface area contributed by atoms with Crippen LogP contribution >= 0.6 is 25.9 Å². The van der Waals surface area contributed by atoms with Crippen molar-refractivity contribution in [3.05, 3.63) is 102 Å². The molecule has 35 heavy (non-hydrogen) atoms. The third kappa shape index (κ3) is 6.60. The minimum Gasteiger partial charge on any atom is -0.489 e. The molecule has 1 atom stereocenters. The molecule has 3 aromatic carbocycles. The second-order valence-corrected chi connectivity index (χ2v) is 9.33. The number of likely N-dealkylation sites (tertiary alicyclic amines) is 1. The summed E-state index contributed by atoms with van der Waals surface area (Å²) in [6, 6.07) is 28.6. The van der Waals surface area contributed by atoms with E-state index in [4.69, 9.17) is 4.74 Å². The average Bonchev–Trinajstić information content (AvgIpc) is 3.53. The summed E-state index contributed by atoms with van der Waals surface area (Å²) in [5.74, 6) is 0.947. The number of ether oxygens (including phenoxy) is 1. The van der Waals surface area contributed by atoms with E-state index >= 15 is 0 Å². The Bertz CT molecular complexity index is 1070. The summed E-state index contributed by atoms with van der Waals surface area (Å²) < 4.78 is 6.04. The summed E-state index contributed by atoms with van der Waals surface area (Å²) in [7, 11) is 0. The van der Waals surface area contributed by atoms with Gasteiger partial charge >= 0.3 is 0 Å². The van der Waals surface area contributed by atoms with Crippen LogP contribution in [0.5, 0.6) is 5.75 Å². The van der Waals surface area contributed by atoms with Crippen LogP contribution in [0.3, 0.4) is 0 Å². The molecule has 1 amide bonds. The molecule has 6 heteroatoms. The van der Waals surface area contributed by atoms with Crippen LogP contribution in [0, 0.1) is 0 Å². The van der Waals surface area contributed by atoms with Crippen molar-refractivity contribution < 1.29 is 9.53 Å². The summed E-state index contributed by atoms with van der Waals surface area (Å²) in [4.78, 5) is 16.1. The third-order valence-corrected chi connectivity index (χ3v) is 6.97. The van der Waals surface area contributed by atoms with Crippen LogP contribution in [-0.2, 0) is 16.8 Å². The molecule has 3 aromatic rings. The van der Waals surface area contributed by atoms with E-state index in [2.05, 4.69) is 52.7 Å². The number of benzene rings is 3. The summed E-state index contributed by atoms with van der Waals surface area (Å²) >= 11 is 0. The maximum absolute atomic E-state index is 13.6. The van der Waals surface area contributed by atoms with Gasteiger partial charge in [-0.2, -0.15) is 13.5 Å². The van der Waals surface area contributed by atoms with Gasteiger partial charge in [-0.05, 0) is 67.6 Å². The van der Waals surface area contributed by atoms with Crippen LogP contribution in [-0.4, -0.2) is 30.4 Å². The van der Waals surface area contributed by atoms with Gasteiger partial charge in [0.1, 0.15) is 12.4 Å². The molecule has 0 radical (unpaired) electrons. The predicted octanol–water partition coefficient (Wildman–Crippen LogP) is 5.79. The average molecular weight is 511 g/mol. The highest BCUT2D eigenvalue weighted by molar-refractivity contribution is 7.59. The van der Waals surface area contributed by atoms with E-state index in [1.807, 2.05) is 42.5 Å². The van der Waals surface area contributed by atoms with E-state index in [1.165, 1.54) is 18.4 Å². The quantitative estimate of drug-likeness (QED) is 0.396. The van der Waals surface area contributed by atoms with Crippen molar-refractivity contribution in [3.8, 4) is 5.75 Å². The number of hydrogen-bond acceptors (Lipinski definition) is 3. The number of carbonyl (C=O) groups is 1. The minimum atomic E-state index is -0.440. The number of rotatable bonds is 9. The standard InChI is InChI=1S/C29H32N2O2.ClH.H2S/c32-28(30-27(21-31-18-7-8-19-31)24-12-5-2-6-13-24)29(16-17-29)25-14-9-15-26(20-25)33-22-23-10-3-1-4-11-23;;/h1-6,9-15,20,27H,7-8,16-19,21-22H2,(H,30,32);1H;1H2/t27-;;/m1../s1. The van der Waals surface area contributed by atoms with Gasteiger partial charge in [0, 0.05) is 6.54 Å². The van der Waals surface area contributed by atoms with Crippen molar-refractivity contribution >= 4 is 31.8 Å². The second kappa shape index (κ2) is 12.5. The highest BCUT2D eigenvalue weighted by atomic mass is 35.5. The summed E-state index contributed by atoms with van der Waals surface area (Å²) in [5.41, 5.74) is 2.92. The SMILES string of the molecule is Cl.O=C(N[C@H](CN1CCCC1)c1ccccc1)C1(c2cccc(OCc3ccccc3)c2)CC1.S. The van der Waals surface area contributed by atoms with E-state index in [1.54, 1.807) is 0 Å². The number of nitrogens with one attached hydrogen (secondary N) is 1. The number of hydrogen-bond donors (Lipinski definition) is 1. The normalized spacial score (nSPS) is 16.9. The van der Waals surface area contributed by atoms with Gasteiger partial charge in [0.25, 0.3) is 0 Å². The maximum Gasteiger partial charge on any atom is 0.231 e. The highest BCUT2D eigenvalue weighted by Crippen LogP contribution is 2.49. The number of amides is 1. The van der Waals surface area contributed by atoms with Crippen LogP contribution in [0.25, 0.3) is 0 Å². The lowest BCUT2D eigenvalue weighted by atomic mass is 9.93. The monoisotopic (exact) mass is 510 g/mol. The molecule has 0 unspecified atom stereocenters. The van der Waals surface area contributed by atoms with Crippen LogP contribution < -0.4 is 10.1 Å². The number of halogens is 1. The van der Waals surface area contributed by atoms with Gasteiger partial charge in [-0.3, -0.25) is 4.79 Å². The van der Waals surface area contributed by atoms with Crippen molar-refractivity contribution in [2.24, 2.45) is 0 Å². The second-order valence-electron chi connectivity index (χ2n) is 9.33. The topological polar surface area (TPSA) is 41.6 Å². The molecular weight excluding hydrogens is 476 g/mol. The fourth-order valence-electron chi connectivity index (χ4n) is 4.84. The van der Waals surface area contributed by atoms with Gasteiger partial charge in [0.05, 0.1) is 11.5 Å². The Morgan fingerprint density at radius 3 is 2.23 bits per heavy atom. The lowest BCUT2D eigenvalue weighted by Gasteiger charge is -2.27. The molecule has 1 heterocycles. The van der Waals surface area contributed by atoms with Crippen LogP contribution in [0.1, 0.15) is 48.4 Å². The van der Waals surface area contributed by atoms with Gasteiger partial charge in [-0.15, -0.1) is 12.4 Å². The molecule has 1 saturated carbocycles. The summed E-state index contributed by atoms with van der Waals surface area (Å²) in [6.45, 7) is 3.62. The zero-order valence-electron chi connectivity index (χ0n) is 20.0. The predicted molar refractivity (Wildman–Crippen MR) is 149 cm³/mol. The molecule has 1 aliphatic carbocycles. The van der Waals surface area contributed by atoms with E-state index in [9.17, 15) is 4.79 Å². The van der Waals surface area contributed by atoms with Crippen molar-refractivity contribution in [1.29, 1.82) is 0 Å². The number of carbonyl (C=O) groups excluding carboxylic acids is 1. The molecule has 1 saturated heterocycles. The van der Waals surface area contributed by atoms with Crippen molar-refractivity contribution in [1.82, 2.24) is 10.2 Å². The molecular formula is C29H35ClN2O2S. The Morgan fingerprint density at radius 1 is 0.914 bits per heavy atom. The van der Waals surface area contributed by atoms with Gasteiger partial charge in [-0.1, -0.05) is 72.8 Å². The first-order chi connectivity index (χ1) is 16.2. The molecule has 5 rings (SSSR count). The van der Waals surface area contributed by atoms with Crippen LogP contribution in [0.15, 0.2) is 84.9 Å². The zero-order chi connectivity index (χ0) is 22.5. The fraction of sp³-hybridized carbons (Fsp3) is 0.345. The first-order valence-electron chi connectivity index (χ1n) is 12.1. The maximum atomic E-state index is 13.6. The molecule has 0 aromatic heterocycles. The Hall–Kier alpha value is -2.47. The minimum absolute atomic E-state index is 0. The lowest BCUT2D eigenvalue weighted by molar-refractivity contribution is -0.124. The summed E-state index contributed by atoms with van der Waals surface area (Å²) in [6.07, 6.45) is 4.25. The molecule has 1 aliphatic heterocycles.